The summed E-state index contributed by atoms with van der Waals surface area (Å²) >= 11 is 0. The van der Waals surface area contributed by atoms with E-state index in [1.54, 1.807) is 0 Å². The molecule has 0 aliphatic heterocycles. The van der Waals surface area contributed by atoms with Crippen LogP contribution in [0.25, 0.3) is 0 Å². The average molecular weight is 288 g/mol. The van der Waals surface area contributed by atoms with Crippen molar-refractivity contribution in [3.05, 3.63) is 23.5 Å². The third kappa shape index (κ3) is 1.75. The van der Waals surface area contributed by atoms with Gasteiger partial charge in [-0.3, -0.25) is 0 Å². The van der Waals surface area contributed by atoms with E-state index >= 15 is 0 Å². The highest BCUT2D eigenvalue weighted by atomic mass is 16.3. The zero-order chi connectivity index (χ0) is 14.8. The monoisotopic (exact) mass is 288 g/mol. The van der Waals surface area contributed by atoms with E-state index in [0.29, 0.717) is 17.1 Å². The molecule has 0 spiro atoms. The zero-order valence-electron chi connectivity index (χ0n) is 13.3. The molecular formula is C19H28O2. The fourth-order valence-corrected chi connectivity index (χ4v) is 6.25. The van der Waals surface area contributed by atoms with Crippen LogP contribution in [0.4, 0.5) is 0 Å². The first-order valence-electron chi connectivity index (χ1n) is 8.74. The van der Waals surface area contributed by atoms with E-state index in [2.05, 4.69) is 26.0 Å². The summed E-state index contributed by atoms with van der Waals surface area (Å²) in [5, 5.41) is 20.3. The van der Waals surface area contributed by atoms with Gasteiger partial charge < -0.3 is 10.2 Å². The lowest BCUT2D eigenvalue weighted by molar-refractivity contribution is -0.0443. The second kappa shape index (κ2) is 4.38. The van der Waals surface area contributed by atoms with Crippen LogP contribution in [0.15, 0.2) is 23.5 Å². The molecule has 21 heavy (non-hydrogen) atoms. The van der Waals surface area contributed by atoms with Crippen LogP contribution in [-0.4, -0.2) is 16.3 Å². The lowest BCUT2D eigenvalue weighted by atomic mass is 9.47. The fourth-order valence-electron chi connectivity index (χ4n) is 6.25. The first-order valence-corrected chi connectivity index (χ1v) is 8.74. The molecule has 4 aliphatic carbocycles. The Morgan fingerprint density at radius 3 is 2.62 bits per heavy atom. The highest BCUT2D eigenvalue weighted by molar-refractivity contribution is 5.27. The van der Waals surface area contributed by atoms with Gasteiger partial charge in [0, 0.05) is 5.41 Å². The molecule has 6 atom stereocenters. The van der Waals surface area contributed by atoms with Gasteiger partial charge >= 0.3 is 0 Å². The first-order chi connectivity index (χ1) is 9.95. The summed E-state index contributed by atoms with van der Waals surface area (Å²) in [5.74, 6) is 2.81. The van der Waals surface area contributed by atoms with Crippen LogP contribution in [0, 0.1) is 28.6 Å². The number of aliphatic hydroxyl groups excluding tert-OH is 2. The topological polar surface area (TPSA) is 40.5 Å². The lowest BCUT2D eigenvalue weighted by Crippen LogP contribution is -2.50. The summed E-state index contributed by atoms with van der Waals surface area (Å²) in [5.41, 5.74) is 1.88. The molecule has 0 bridgehead atoms. The quantitative estimate of drug-likeness (QED) is 0.650. The van der Waals surface area contributed by atoms with Crippen molar-refractivity contribution in [3.8, 4) is 0 Å². The summed E-state index contributed by atoms with van der Waals surface area (Å²) < 4.78 is 0. The lowest BCUT2D eigenvalue weighted by Gasteiger charge is -2.57. The minimum absolute atomic E-state index is 0.0485. The molecule has 0 aromatic rings. The highest BCUT2D eigenvalue weighted by Crippen LogP contribution is 2.65. The van der Waals surface area contributed by atoms with E-state index in [0.717, 1.165) is 43.9 Å². The molecule has 4 aliphatic rings. The summed E-state index contributed by atoms with van der Waals surface area (Å²) in [7, 11) is 0. The van der Waals surface area contributed by atoms with Gasteiger partial charge in [-0.2, -0.15) is 0 Å². The van der Waals surface area contributed by atoms with E-state index < -0.39 is 0 Å². The minimum Gasteiger partial charge on any atom is -0.512 e. The maximum atomic E-state index is 10.3. The second-order valence-electron chi connectivity index (χ2n) is 8.41. The number of rotatable bonds is 0. The Bertz CT molecular complexity index is 520. The molecule has 0 heterocycles. The molecule has 0 saturated heterocycles. The van der Waals surface area contributed by atoms with Crippen molar-refractivity contribution in [2.24, 2.45) is 28.6 Å². The van der Waals surface area contributed by atoms with Crippen molar-refractivity contribution in [2.45, 2.75) is 64.9 Å². The standard InChI is InChI=1S/C19H28O2/c1-18-9-7-13(20)11-12(18)3-4-14-15-5-6-17(21)19(15,2)10-8-16(14)18/h6,11,13-16,20-21H,3-5,7-10H2,1-2H3/t13-,14-,15-,16-,18-,19-/m0/s1. The summed E-state index contributed by atoms with van der Waals surface area (Å²) in [4.78, 5) is 0. The van der Waals surface area contributed by atoms with E-state index in [1.165, 1.54) is 18.4 Å². The van der Waals surface area contributed by atoms with Crippen LogP contribution in [-0.2, 0) is 0 Å². The Morgan fingerprint density at radius 2 is 1.81 bits per heavy atom. The molecule has 0 aromatic carbocycles. The third-order valence-corrected chi connectivity index (χ3v) is 7.63. The maximum absolute atomic E-state index is 10.3. The average Bonchev–Trinajstić information content (AvgIpc) is 2.76. The van der Waals surface area contributed by atoms with Crippen molar-refractivity contribution in [3.63, 3.8) is 0 Å². The number of hydrogen-bond acceptors (Lipinski definition) is 2. The van der Waals surface area contributed by atoms with Crippen LogP contribution in [0.3, 0.4) is 0 Å². The van der Waals surface area contributed by atoms with Gasteiger partial charge in [-0.05, 0) is 74.2 Å². The number of hydrogen-bond donors (Lipinski definition) is 2. The predicted molar refractivity (Wildman–Crippen MR) is 83.8 cm³/mol. The fraction of sp³-hybridized carbons (Fsp3) is 0.789. The van der Waals surface area contributed by atoms with Crippen LogP contribution >= 0.6 is 0 Å². The van der Waals surface area contributed by atoms with E-state index in [-0.39, 0.29) is 11.5 Å². The smallest absolute Gasteiger partial charge is 0.0944 e. The zero-order valence-corrected chi connectivity index (χ0v) is 13.3. The number of fused-ring (bicyclic) bond motifs is 5. The molecule has 4 rings (SSSR count). The van der Waals surface area contributed by atoms with E-state index in [4.69, 9.17) is 0 Å². The van der Waals surface area contributed by atoms with Gasteiger partial charge in [0.2, 0.25) is 0 Å². The van der Waals surface area contributed by atoms with Gasteiger partial charge in [-0.15, -0.1) is 0 Å². The second-order valence-corrected chi connectivity index (χ2v) is 8.41. The Morgan fingerprint density at radius 1 is 1.05 bits per heavy atom. The molecule has 2 nitrogen and oxygen atoms in total. The minimum atomic E-state index is -0.212. The Hall–Kier alpha value is -0.760. The Kier molecular flexibility index (Phi) is 2.89. The SMILES string of the molecule is C[C@]12CC[C@H](O)C=C1CC[C@@H]1[C@@H]2CC[C@]2(C)C(O)=CC[C@@H]12. The molecule has 2 fully saturated rings. The molecule has 2 saturated carbocycles. The molecule has 0 unspecified atom stereocenters. The van der Waals surface area contributed by atoms with Crippen molar-refractivity contribution in [1.82, 2.24) is 0 Å². The summed E-state index contributed by atoms with van der Waals surface area (Å²) in [6.07, 6.45) is 12.0. The normalized spacial score (nSPS) is 52.3. The Labute approximate surface area is 127 Å². The van der Waals surface area contributed by atoms with Gasteiger partial charge in [-0.25, -0.2) is 0 Å². The molecule has 2 N–H and O–H groups in total. The summed E-state index contributed by atoms with van der Waals surface area (Å²) in [6.45, 7) is 4.73. The van der Waals surface area contributed by atoms with Crippen LogP contribution < -0.4 is 0 Å². The van der Waals surface area contributed by atoms with Crippen LogP contribution in [0.1, 0.15) is 58.8 Å². The molecule has 116 valence electrons. The molecule has 0 radical (unpaired) electrons. The van der Waals surface area contributed by atoms with Gasteiger partial charge in [0.15, 0.2) is 0 Å². The van der Waals surface area contributed by atoms with E-state index in [9.17, 15) is 10.2 Å². The van der Waals surface area contributed by atoms with Crippen molar-refractivity contribution < 1.29 is 10.2 Å². The van der Waals surface area contributed by atoms with Crippen LogP contribution in [0.2, 0.25) is 0 Å². The highest BCUT2D eigenvalue weighted by Gasteiger charge is 2.57. The number of aliphatic hydroxyl groups is 2. The molecule has 2 heteroatoms. The molecular weight excluding hydrogens is 260 g/mol. The van der Waals surface area contributed by atoms with Crippen molar-refractivity contribution >= 4 is 0 Å². The van der Waals surface area contributed by atoms with Crippen molar-refractivity contribution in [1.29, 1.82) is 0 Å². The third-order valence-electron chi connectivity index (χ3n) is 7.63. The number of allylic oxidation sites excluding steroid dienone is 3. The predicted octanol–water partition coefficient (Wildman–Crippen LogP) is 4.36. The molecule has 0 amide bonds. The largest absolute Gasteiger partial charge is 0.512 e. The van der Waals surface area contributed by atoms with Crippen molar-refractivity contribution in [2.75, 3.05) is 0 Å². The molecule has 0 aromatic heterocycles. The van der Waals surface area contributed by atoms with Gasteiger partial charge in [0.25, 0.3) is 0 Å². The van der Waals surface area contributed by atoms with Gasteiger partial charge in [-0.1, -0.05) is 25.5 Å². The van der Waals surface area contributed by atoms with Gasteiger partial charge in [0.05, 0.1) is 11.9 Å². The van der Waals surface area contributed by atoms with Crippen LogP contribution in [0.5, 0.6) is 0 Å². The summed E-state index contributed by atoms with van der Waals surface area (Å²) in [6, 6.07) is 0. The maximum Gasteiger partial charge on any atom is 0.0944 e. The van der Waals surface area contributed by atoms with Gasteiger partial charge in [0.1, 0.15) is 0 Å². The Balaban J connectivity index is 1.68. The van der Waals surface area contributed by atoms with E-state index in [1.807, 2.05) is 0 Å². The first kappa shape index (κ1) is 13.9.